The number of hydrogen-bond donors (Lipinski definition) is 3. The first-order chi connectivity index (χ1) is 15.6. The molecule has 1 aliphatic carbocycles. The monoisotopic (exact) mass is 465 g/mol. The van der Waals surface area contributed by atoms with Gasteiger partial charge in [-0.1, -0.05) is 12.2 Å². The number of nitrogens with two attached hydrogens (primary N) is 1. The molecule has 0 bridgehead atoms. The predicted octanol–water partition coefficient (Wildman–Crippen LogP) is 4.18. The highest BCUT2D eigenvalue weighted by atomic mass is 35.5. The first-order valence-corrected chi connectivity index (χ1v) is 10.8. The zero-order chi connectivity index (χ0) is 23.8. The summed E-state index contributed by atoms with van der Waals surface area (Å²) >= 11 is 6.25. The van der Waals surface area contributed by atoms with Crippen molar-refractivity contribution in [2.45, 2.75) is 38.1 Å². The number of rotatable bonds is 5. The quantitative estimate of drug-likeness (QED) is 0.383. The van der Waals surface area contributed by atoms with Gasteiger partial charge in [-0.3, -0.25) is 9.78 Å². The predicted molar refractivity (Wildman–Crippen MR) is 128 cm³/mol. The van der Waals surface area contributed by atoms with E-state index in [9.17, 15) is 9.59 Å². The van der Waals surface area contributed by atoms with E-state index in [-0.39, 0.29) is 17.6 Å². The molecule has 1 aliphatic rings. The fraction of sp³-hybridized carbons (Fsp3) is 0.261. The standard InChI is InChI=1S/C23H24ClN7O2/c1-13(2)31-11-17(18-20(25)27-12-28-21(18)31)19(32)14-8-16(10-26-9-14)30-22(33)29-15-4-6-23(3,24)7-5-15/h4-6,8-13H,7H2,1-3H3,(H2,25,27,28)(H2,29,30,33). The maximum Gasteiger partial charge on any atom is 0.323 e. The molecule has 0 radical (unpaired) electrons. The number of allylic oxidation sites excluding steroid dienone is 3. The Balaban J connectivity index is 1.56. The molecule has 2 amide bonds. The Morgan fingerprint density at radius 2 is 2.03 bits per heavy atom. The van der Waals surface area contributed by atoms with Crippen LogP contribution in [-0.4, -0.2) is 36.2 Å². The molecule has 0 saturated carbocycles. The van der Waals surface area contributed by atoms with Crippen molar-refractivity contribution in [1.82, 2.24) is 24.8 Å². The summed E-state index contributed by atoms with van der Waals surface area (Å²) in [5.41, 5.74) is 8.35. The highest BCUT2D eigenvalue weighted by Gasteiger charge is 2.22. The number of hydrogen-bond acceptors (Lipinski definition) is 6. The van der Waals surface area contributed by atoms with Crippen molar-refractivity contribution in [2.24, 2.45) is 0 Å². The lowest BCUT2D eigenvalue weighted by molar-refractivity contribution is 0.103. The number of amides is 2. The van der Waals surface area contributed by atoms with Gasteiger partial charge in [0.25, 0.3) is 0 Å². The van der Waals surface area contributed by atoms with E-state index in [1.807, 2.05) is 37.5 Å². The van der Waals surface area contributed by atoms with Crippen LogP contribution in [0.25, 0.3) is 11.0 Å². The smallest absolute Gasteiger partial charge is 0.323 e. The molecular formula is C23H24ClN7O2. The van der Waals surface area contributed by atoms with E-state index < -0.39 is 10.9 Å². The van der Waals surface area contributed by atoms with Crippen molar-refractivity contribution in [3.8, 4) is 0 Å². The molecule has 10 heteroatoms. The summed E-state index contributed by atoms with van der Waals surface area (Å²) in [6.45, 7) is 5.87. The molecular weight excluding hydrogens is 442 g/mol. The Bertz CT molecular complexity index is 1310. The number of nitrogen functional groups attached to an aromatic ring is 1. The molecule has 0 fully saturated rings. The van der Waals surface area contributed by atoms with E-state index in [1.165, 1.54) is 18.7 Å². The van der Waals surface area contributed by atoms with Gasteiger partial charge in [0.1, 0.15) is 17.8 Å². The van der Waals surface area contributed by atoms with E-state index >= 15 is 0 Å². The van der Waals surface area contributed by atoms with Gasteiger partial charge in [-0.2, -0.15) is 0 Å². The summed E-state index contributed by atoms with van der Waals surface area (Å²) in [4.78, 5) is 37.8. The number of urea groups is 1. The van der Waals surface area contributed by atoms with Gasteiger partial charge in [-0.25, -0.2) is 14.8 Å². The van der Waals surface area contributed by atoms with Gasteiger partial charge in [0, 0.05) is 29.7 Å². The van der Waals surface area contributed by atoms with E-state index in [0.29, 0.717) is 40.0 Å². The summed E-state index contributed by atoms with van der Waals surface area (Å²) in [7, 11) is 0. The largest absolute Gasteiger partial charge is 0.383 e. The van der Waals surface area contributed by atoms with E-state index in [1.54, 1.807) is 18.3 Å². The van der Waals surface area contributed by atoms with E-state index in [0.717, 1.165) is 0 Å². The Kier molecular flexibility index (Phi) is 5.90. The number of anilines is 2. The van der Waals surface area contributed by atoms with Crippen molar-refractivity contribution in [1.29, 1.82) is 0 Å². The second-order valence-corrected chi connectivity index (χ2v) is 9.21. The molecule has 1 atom stereocenters. The molecule has 4 N–H and O–H groups in total. The fourth-order valence-corrected chi connectivity index (χ4v) is 3.70. The van der Waals surface area contributed by atoms with Gasteiger partial charge >= 0.3 is 6.03 Å². The van der Waals surface area contributed by atoms with Crippen molar-refractivity contribution >= 4 is 46.0 Å². The molecule has 4 rings (SSSR count). The first-order valence-electron chi connectivity index (χ1n) is 10.4. The molecule has 9 nitrogen and oxygen atoms in total. The molecule has 33 heavy (non-hydrogen) atoms. The third-order valence-electron chi connectivity index (χ3n) is 5.29. The topological polar surface area (TPSA) is 128 Å². The number of carbonyl (C=O) groups is 2. The highest BCUT2D eigenvalue weighted by molar-refractivity contribution is 6.25. The average molecular weight is 466 g/mol. The number of halogens is 1. The summed E-state index contributed by atoms with van der Waals surface area (Å²) in [5, 5.41) is 5.95. The zero-order valence-corrected chi connectivity index (χ0v) is 19.2. The maximum absolute atomic E-state index is 13.3. The van der Waals surface area contributed by atoms with Crippen LogP contribution in [0.1, 0.15) is 49.2 Å². The second-order valence-electron chi connectivity index (χ2n) is 8.35. The number of ketones is 1. The van der Waals surface area contributed by atoms with Crippen LogP contribution >= 0.6 is 11.6 Å². The Hall–Kier alpha value is -3.72. The molecule has 1 unspecified atom stereocenters. The number of aromatic nitrogens is 4. The molecule has 0 aliphatic heterocycles. The highest BCUT2D eigenvalue weighted by Crippen LogP contribution is 2.29. The number of nitrogens with zero attached hydrogens (tertiary/aromatic N) is 4. The van der Waals surface area contributed by atoms with Gasteiger partial charge in [0.15, 0.2) is 5.78 Å². The SMILES string of the molecule is CC(C)n1cc(C(=O)c2cncc(NC(=O)NC3=CCC(C)(Cl)C=C3)c2)c2c(N)ncnc21. The second kappa shape index (κ2) is 8.67. The van der Waals surface area contributed by atoms with Crippen molar-refractivity contribution in [2.75, 3.05) is 11.1 Å². The minimum Gasteiger partial charge on any atom is -0.383 e. The normalized spacial score (nSPS) is 17.8. The first kappa shape index (κ1) is 22.5. The lowest BCUT2D eigenvalue weighted by Crippen LogP contribution is -2.29. The summed E-state index contributed by atoms with van der Waals surface area (Å²) < 4.78 is 1.88. The van der Waals surface area contributed by atoms with Gasteiger partial charge in [0.2, 0.25) is 0 Å². The Morgan fingerprint density at radius 3 is 2.73 bits per heavy atom. The summed E-state index contributed by atoms with van der Waals surface area (Å²) in [6.07, 6.45) is 12.0. The van der Waals surface area contributed by atoms with Crippen LogP contribution in [0.4, 0.5) is 16.3 Å². The number of nitrogens with one attached hydrogen (secondary N) is 2. The third kappa shape index (κ3) is 4.73. The van der Waals surface area contributed by atoms with E-state index in [2.05, 4.69) is 25.6 Å². The van der Waals surface area contributed by atoms with Gasteiger partial charge < -0.3 is 20.9 Å². The number of pyridine rings is 1. The van der Waals surface area contributed by atoms with Gasteiger partial charge in [-0.05, 0) is 39.3 Å². The lowest BCUT2D eigenvalue weighted by atomic mass is 10.0. The van der Waals surface area contributed by atoms with Crippen LogP contribution in [0, 0.1) is 0 Å². The molecule has 0 aromatic carbocycles. The average Bonchev–Trinajstić information content (AvgIpc) is 3.16. The molecule has 3 aromatic rings. The van der Waals surface area contributed by atoms with Crippen LogP contribution in [0.15, 0.2) is 54.9 Å². The lowest BCUT2D eigenvalue weighted by Gasteiger charge is -2.20. The Labute approximate surface area is 195 Å². The van der Waals surface area contributed by atoms with Crippen LogP contribution in [0.5, 0.6) is 0 Å². The van der Waals surface area contributed by atoms with Crippen LogP contribution in [-0.2, 0) is 0 Å². The number of fused-ring (bicyclic) bond motifs is 1. The van der Waals surface area contributed by atoms with Crippen molar-refractivity contribution < 1.29 is 9.59 Å². The number of carbonyl (C=O) groups excluding carboxylic acids is 2. The van der Waals surface area contributed by atoms with Crippen LogP contribution < -0.4 is 16.4 Å². The van der Waals surface area contributed by atoms with Gasteiger partial charge in [-0.15, -0.1) is 11.6 Å². The molecule has 0 saturated heterocycles. The molecule has 0 spiro atoms. The van der Waals surface area contributed by atoms with Gasteiger partial charge in [0.05, 0.1) is 27.7 Å². The Morgan fingerprint density at radius 1 is 1.24 bits per heavy atom. The van der Waals surface area contributed by atoms with Crippen molar-refractivity contribution in [3.05, 3.63) is 66.0 Å². The minimum absolute atomic E-state index is 0.0676. The third-order valence-corrected chi connectivity index (χ3v) is 5.57. The minimum atomic E-state index is -0.454. The number of alkyl halides is 1. The molecule has 3 heterocycles. The van der Waals surface area contributed by atoms with Crippen molar-refractivity contribution in [3.63, 3.8) is 0 Å². The van der Waals surface area contributed by atoms with E-state index in [4.69, 9.17) is 17.3 Å². The fourth-order valence-electron chi connectivity index (χ4n) is 3.56. The molecule has 3 aromatic heterocycles. The summed E-state index contributed by atoms with van der Waals surface area (Å²) in [5.74, 6) is -0.0667. The van der Waals surface area contributed by atoms with Crippen LogP contribution in [0.2, 0.25) is 0 Å². The van der Waals surface area contributed by atoms with Crippen LogP contribution in [0.3, 0.4) is 0 Å². The molecule has 170 valence electrons. The zero-order valence-electron chi connectivity index (χ0n) is 18.5. The summed E-state index contributed by atoms with van der Waals surface area (Å²) in [6, 6.07) is 1.18. The maximum atomic E-state index is 13.3.